The van der Waals surface area contributed by atoms with E-state index in [1.54, 1.807) is 10.4 Å². The predicted octanol–water partition coefficient (Wildman–Crippen LogP) is 3.52. The molecule has 2 aliphatic rings. The normalized spacial score (nSPS) is 18.6. The molecule has 1 saturated heterocycles. The van der Waals surface area contributed by atoms with Gasteiger partial charge in [-0.3, -0.25) is 4.90 Å². The van der Waals surface area contributed by atoms with Crippen LogP contribution in [0.1, 0.15) is 35.4 Å². The maximum Gasteiger partial charge on any atom is 0.243 e. The summed E-state index contributed by atoms with van der Waals surface area (Å²) in [5.74, 6) is 0.682. The number of aryl methyl sites for hydroxylation is 3. The van der Waals surface area contributed by atoms with Crippen LogP contribution >= 0.6 is 0 Å². The molecule has 0 atom stereocenters. The molecule has 0 saturated carbocycles. The van der Waals surface area contributed by atoms with Gasteiger partial charge in [0.1, 0.15) is 5.52 Å². The largest absolute Gasteiger partial charge is 0.439 e. The quantitative estimate of drug-likeness (QED) is 0.640. The summed E-state index contributed by atoms with van der Waals surface area (Å²) in [4.78, 5) is 7.20. The lowest BCUT2D eigenvalue weighted by molar-refractivity contribution is 0.169. The van der Waals surface area contributed by atoms with Gasteiger partial charge in [0.15, 0.2) is 5.58 Å². The van der Waals surface area contributed by atoms with Gasteiger partial charge in [-0.25, -0.2) is 13.4 Å². The van der Waals surface area contributed by atoms with Gasteiger partial charge in [0.05, 0.1) is 11.4 Å². The van der Waals surface area contributed by atoms with E-state index in [1.807, 2.05) is 37.3 Å². The van der Waals surface area contributed by atoms with Gasteiger partial charge in [-0.1, -0.05) is 12.1 Å². The van der Waals surface area contributed by atoms with Gasteiger partial charge in [0, 0.05) is 26.2 Å². The summed E-state index contributed by atoms with van der Waals surface area (Å²) in [6, 6.07) is 11.7. The van der Waals surface area contributed by atoms with Gasteiger partial charge in [-0.2, -0.15) is 4.31 Å². The molecular formula is C23H27N3O3S. The van der Waals surface area contributed by atoms with Gasteiger partial charge in [0.25, 0.3) is 0 Å². The van der Waals surface area contributed by atoms with Crippen LogP contribution in [-0.2, 0) is 29.4 Å². The lowest BCUT2D eigenvalue weighted by Crippen LogP contribution is -2.48. The molecule has 0 amide bonds. The van der Waals surface area contributed by atoms with Gasteiger partial charge in [-0.05, 0) is 73.6 Å². The van der Waals surface area contributed by atoms with E-state index >= 15 is 0 Å². The number of aromatic nitrogens is 1. The minimum Gasteiger partial charge on any atom is -0.439 e. The topological polar surface area (TPSA) is 66.7 Å². The van der Waals surface area contributed by atoms with Crippen LogP contribution in [0.5, 0.6) is 0 Å². The van der Waals surface area contributed by atoms with Crippen LogP contribution in [0.15, 0.2) is 45.7 Å². The number of benzene rings is 2. The fourth-order valence-corrected chi connectivity index (χ4v) is 5.96. The summed E-state index contributed by atoms with van der Waals surface area (Å²) < 4.78 is 33.8. The Kier molecular flexibility index (Phi) is 5.13. The molecule has 1 fully saturated rings. The Bertz CT molecular complexity index is 1180. The monoisotopic (exact) mass is 425 g/mol. The standard InChI is InChI=1S/C23H27N3O3S/c1-17-6-9-21-22(14-17)29-23(24-21)16-25-10-12-26(13-11-25)30(27,28)20-8-7-18-4-2-3-5-19(18)15-20/h6-9,14-15H,2-5,10-13,16H2,1H3. The molecule has 2 heterocycles. The molecular weight excluding hydrogens is 398 g/mol. The van der Waals surface area contributed by atoms with Crippen LogP contribution in [0.2, 0.25) is 0 Å². The zero-order valence-electron chi connectivity index (χ0n) is 17.3. The number of hydrogen-bond acceptors (Lipinski definition) is 5. The highest BCUT2D eigenvalue weighted by Crippen LogP contribution is 2.26. The van der Waals surface area contributed by atoms with Crippen LogP contribution in [0.4, 0.5) is 0 Å². The molecule has 0 spiro atoms. The Balaban J connectivity index is 1.25. The fourth-order valence-electron chi connectivity index (χ4n) is 4.49. The zero-order valence-corrected chi connectivity index (χ0v) is 18.1. The Labute approximate surface area is 177 Å². The molecule has 158 valence electrons. The first-order valence-electron chi connectivity index (χ1n) is 10.7. The van der Waals surface area contributed by atoms with E-state index in [9.17, 15) is 8.42 Å². The Morgan fingerprint density at radius 2 is 1.73 bits per heavy atom. The van der Waals surface area contributed by atoms with Crippen LogP contribution < -0.4 is 0 Å². The van der Waals surface area contributed by atoms with Crippen molar-refractivity contribution in [2.45, 2.75) is 44.0 Å². The Hall–Kier alpha value is -2.22. The van der Waals surface area contributed by atoms with Crippen molar-refractivity contribution < 1.29 is 12.8 Å². The maximum absolute atomic E-state index is 13.2. The maximum atomic E-state index is 13.2. The SMILES string of the molecule is Cc1ccc2nc(CN3CCN(S(=O)(=O)c4ccc5c(c4)CCCC5)CC3)oc2c1. The van der Waals surface area contributed by atoms with Crippen molar-refractivity contribution >= 4 is 21.1 Å². The molecule has 0 N–H and O–H groups in total. The second-order valence-corrected chi connectivity index (χ2v) is 10.3. The average Bonchev–Trinajstić information content (AvgIpc) is 3.15. The molecule has 1 aliphatic heterocycles. The molecule has 0 radical (unpaired) electrons. The van der Waals surface area contributed by atoms with Crippen molar-refractivity contribution in [2.24, 2.45) is 0 Å². The van der Waals surface area contributed by atoms with Gasteiger partial charge >= 0.3 is 0 Å². The van der Waals surface area contributed by atoms with E-state index < -0.39 is 10.0 Å². The van der Waals surface area contributed by atoms with Gasteiger partial charge < -0.3 is 4.42 Å². The van der Waals surface area contributed by atoms with Crippen LogP contribution in [0.25, 0.3) is 11.1 Å². The summed E-state index contributed by atoms with van der Waals surface area (Å²) in [7, 11) is -3.45. The zero-order chi connectivity index (χ0) is 20.7. The molecule has 1 aromatic heterocycles. The molecule has 30 heavy (non-hydrogen) atoms. The predicted molar refractivity (Wildman–Crippen MR) is 116 cm³/mol. The number of nitrogens with zero attached hydrogens (tertiary/aromatic N) is 3. The van der Waals surface area contributed by atoms with Crippen LogP contribution in [-0.4, -0.2) is 48.8 Å². The second kappa shape index (κ2) is 7.80. The van der Waals surface area contributed by atoms with Crippen molar-refractivity contribution in [3.05, 3.63) is 59.0 Å². The van der Waals surface area contributed by atoms with E-state index in [4.69, 9.17) is 4.42 Å². The Morgan fingerprint density at radius 1 is 0.967 bits per heavy atom. The lowest BCUT2D eigenvalue weighted by Gasteiger charge is -2.33. The highest BCUT2D eigenvalue weighted by molar-refractivity contribution is 7.89. The summed E-state index contributed by atoms with van der Waals surface area (Å²) in [6.07, 6.45) is 4.38. The molecule has 0 unspecified atom stereocenters. The molecule has 1 aliphatic carbocycles. The minimum atomic E-state index is -3.45. The van der Waals surface area contributed by atoms with Crippen molar-refractivity contribution in [3.8, 4) is 0 Å². The molecule has 0 bridgehead atoms. The van der Waals surface area contributed by atoms with Gasteiger partial charge in [0.2, 0.25) is 15.9 Å². The number of fused-ring (bicyclic) bond motifs is 2. The smallest absolute Gasteiger partial charge is 0.243 e. The minimum absolute atomic E-state index is 0.436. The first-order valence-corrected chi connectivity index (χ1v) is 12.1. The lowest BCUT2D eigenvalue weighted by atomic mass is 9.92. The van der Waals surface area contributed by atoms with Crippen LogP contribution in [0, 0.1) is 6.92 Å². The summed E-state index contributed by atoms with van der Waals surface area (Å²) >= 11 is 0. The first kappa shape index (κ1) is 19.7. The highest BCUT2D eigenvalue weighted by Gasteiger charge is 2.29. The molecule has 7 heteroatoms. The van der Waals surface area contributed by atoms with Crippen molar-refractivity contribution in [1.29, 1.82) is 0 Å². The van der Waals surface area contributed by atoms with Gasteiger partial charge in [-0.15, -0.1) is 0 Å². The number of rotatable bonds is 4. The van der Waals surface area contributed by atoms with E-state index in [0.29, 0.717) is 43.5 Å². The first-order chi connectivity index (χ1) is 14.5. The van der Waals surface area contributed by atoms with Crippen LogP contribution in [0.3, 0.4) is 0 Å². The van der Waals surface area contributed by atoms with E-state index in [1.165, 1.54) is 17.5 Å². The third-order valence-electron chi connectivity index (χ3n) is 6.24. The number of oxazole rings is 1. The highest BCUT2D eigenvalue weighted by atomic mass is 32.2. The Morgan fingerprint density at radius 3 is 2.53 bits per heavy atom. The van der Waals surface area contributed by atoms with E-state index in [0.717, 1.165) is 35.9 Å². The summed E-state index contributed by atoms with van der Waals surface area (Å²) in [5.41, 5.74) is 5.32. The number of piperazine rings is 1. The molecule has 3 aromatic rings. The van der Waals surface area contributed by atoms with Crippen molar-refractivity contribution in [3.63, 3.8) is 0 Å². The summed E-state index contributed by atoms with van der Waals surface area (Å²) in [5, 5.41) is 0. The molecule has 2 aromatic carbocycles. The number of sulfonamides is 1. The molecule has 5 rings (SSSR count). The fraction of sp³-hybridized carbons (Fsp3) is 0.435. The third-order valence-corrected chi connectivity index (χ3v) is 8.13. The van der Waals surface area contributed by atoms with E-state index in [2.05, 4.69) is 9.88 Å². The third kappa shape index (κ3) is 3.77. The average molecular weight is 426 g/mol. The second-order valence-electron chi connectivity index (χ2n) is 8.40. The molecule has 6 nitrogen and oxygen atoms in total. The van der Waals surface area contributed by atoms with E-state index in [-0.39, 0.29) is 0 Å². The van der Waals surface area contributed by atoms with Crippen molar-refractivity contribution in [2.75, 3.05) is 26.2 Å². The number of hydrogen-bond donors (Lipinski definition) is 0. The van der Waals surface area contributed by atoms with Crippen molar-refractivity contribution in [1.82, 2.24) is 14.2 Å². The summed E-state index contributed by atoms with van der Waals surface area (Å²) in [6.45, 7) is 4.94.